The summed E-state index contributed by atoms with van der Waals surface area (Å²) < 4.78 is 15.9. The van der Waals surface area contributed by atoms with E-state index < -0.39 is 11.7 Å². The summed E-state index contributed by atoms with van der Waals surface area (Å²) in [7, 11) is 1.55. The molecule has 0 saturated carbocycles. The standard InChI is InChI=1S/C26H27ClFN5O3/c1-14(2)30-26-31-22-13-32(24(35)19-10-7-17(27)12-21(19)28)15(3)11-20(22)25(36)33(26)18-8-5-16(6-9-18)23(34)29-4/h5-10,12,14-15H,11,13H2,1-4H3,(H,29,34)(H,30,31)/t15-/m1/s1. The molecule has 2 N–H and O–H groups in total. The summed E-state index contributed by atoms with van der Waals surface area (Å²) in [6.45, 7) is 5.73. The van der Waals surface area contributed by atoms with Crippen LogP contribution in [0, 0.1) is 5.82 Å². The van der Waals surface area contributed by atoms with Crippen LogP contribution in [0.1, 0.15) is 52.7 Å². The highest BCUT2D eigenvalue weighted by Crippen LogP contribution is 2.26. The van der Waals surface area contributed by atoms with Gasteiger partial charge in [-0.1, -0.05) is 11.6 Å². The van der Waals surface area contributed by atoms with Gasteiger partial charge in [-0.2, -0.15) is 0 Å². The Kier molecular flexibility index (Phi) is 7.12. The van der Waals surface area contributed by atoms with Crippen LogP contribution in [-0.2, 0) is 13.0 Å². The maximum Gasteiger partial charge on any atom is 0.263 e. The SMILES string of the molecule is CNC(=O)c1ccc(-n2c(NC(C)C)nc3c(c2=O)C[C@@H](C)N(C(=O)c2ccc(Cl)cc2F)C3)cc1. The van der Waals surface area contributed by atoms with Gasteiger partial charge in [-0.05, 0) is 69.7 Å². The predicted molar refractivity (Wildman–Crippen MR) is 136 cm³/mol. The maximum atomic E-state index is 14.5. The first-order valence-electron chi connectivity index (χ1n) is 11.6. The first-order chi connectivity index (χ1) is 17.1. The average molecular weight is 512 g/mol. The molecule has 2 heterocycles. The Morgan fingerprint density at radius 2 is 1.86 bits per heavy atom. The third kappa shape index (κ3) is 4.83. The van der Waals surface area contributed by atoms with Gasteiger partial charge in [0, 0.05) is 35.3 Å². The van der Waals surface area contributed by atoms with Crippen LogP contribution in [0.3, 0.4) is 0 Å². The summed E-state index contributed by atoms with van der Waals surface area (Å²) in [5.41, 5.74) is 1.64. The van der Waals surface area contributed by atoms with Crippen molar-refractivity contribution >= 4 is 29.4 Å². The zero-order valence-corrected chi connectivity index (χ0v) is 21.2. The van der Waals surface area contributed by atoms with Gasteiger partial charge in [0.25, 0.3) is 17.4 Å². The largest absolute Gasteiger partial charge is 0.355 e. The number of anilines is 1. The zero-order valence-electron chi connectivity index (χ0n) is 20.4. The first kappa shape index (κ1) is 25.4. The quantitative estimate of drug-likeness (QED) is 0.543. The highest BCUT2D eigenvalue weighted by molar-refractivity contribution is 6.30. The van der Waals surface area contributed by atoms with Crippen LogP contribution >= 0.6 is 11.6 Å². The van der Waals surface area contributed by atoms with Gasteiger partial charge in [-0.3, -0.25) is 14.4 Å². The molecule has 3 aromatic rings. The van der Waals surface area contributed by atoms with Gasteiger partial charge in [0.15, 0.2) is 0 Å². The molecule has 1 aliphatic heterocycles. The molecule has 1 aromatic heterocycles. The van der Waals surface area contributed by atoms with E-state index >= 15 is 0 Å². The Morgan fingerprint density at radius 1 is 1.17 bits per heavy atom. The molecule has 10 heteroatoms. The first-order valence-corrected chi connectivity index (χ1v) is 12.0. The van der Waals surface area contributed by atoms with Crippen LogP contribution in [0.15, 0.2) is 47.3 Å². The number of carbonyl (C=O) groups excluding carboxylic acids is 2. The Balaban J connectivity index is 1.76. The number of nitrogens with zero attached hydrogens (tertiary/aromatic N) is 3. The van der Waals surface area contributed by atoms with Crippen molar-refractivity contribution in [2.24, 2.45) is 0 Å². The molecule has 1 atom stereocenters. The molecule has 8 nitrogen and oxygen atoms in total. The van der Waals surface area contributed by atoms with Gasteiger partial charge in [-0.15, -0.1) is 0 Å². The van der Waals surface area contributed by atoms with Crippen LogP contribution < -0.4 is 16.2 Å². The van der Waals surface area contributed by atoms with Crippen molar-refractivity contribution in [1.29, 1.82) is 0 Å². The van der Waals surface area contributed by atoms with Crippen molar-refractivity contribution in [2.45, 2.75) is 45.8 Å². The second-order valence-corrected chi connectivity index (χ2v) is 9.47. The number of fused-ring (bicyclic) bond motifs is 1. The molecule has 188 valence electrons. The number of aromatic nitrogens is 2. The van der Waals surface area contributed by atoms with Gasteiger partial charge in [0.1, 0.15) is 5.82 Å². The van der Waals surface area contributed by atoms with E-state index in [2.05, 4.69) is 10.6 Å². The molecule has 0 spiro atoms. The van der Waals surface area contributed by atoms with E-state index in [1.807, 2.05) is 20.8 Å². The Hall–Kier alpha value is -3.72. The number of hydrogen-bond acceptors (Lipinski definition) is 5. The van der Waals surface area contributed by atoms with Gasteiger partial charge < -0.3 is 15.5 Å². The van der Waals surface area contributed by atoms with Crippen molar-refractivity contribution in [2.75, 3.05) is 12.4 Å². The smallest absolute Gasteiger partial charge is 0.263 e. The molecule has 2 amide bonds. The lowest BCUT2D eigenvalue weighted by molar-refractivity contribution is 0.0648. The fraction of sp³-hybridized carbons (Fsp3) is 0.308. The summed E-state index contributed by atoms with van der Waals surface area (Å²) in [6, 6.07) is 10.2. The molecule has 36 heavy (non-hydrogen) atoms. The third-order valence-electron chi connectivity index (χ3n) is 6.07. The molecule has 0 unspecified atom stereocenters. The summed E-state index contributed by atoms with van der Waals surface area (Å²) in [4.78, 5) is 45.1. The van der Waals surface area contributed by atoms with Crippen molar-refractivity contribution in [3.8, 4) is 5.69 Å². The Labute approximate surface area is 213 Å². The van der Waals surface area contributed by atoms with Crippen LogP contribution in [0.2, 0.25) is 5.02 Å². The van der Waals surface area contributed by atoms with Crippen molar-refractivity contribution in [3.05, 3.63) is 86.0 Å². The topological polar surface area (TPSA) is 96.3 Å². The average Bonchev–Trinajstić information content (AvgIpc) is 2.83. The number of hydrogen-bond donors (Lipinski definition) is 2. The molecule has 4 rings (SSSR count). The fourth-order valence-electron chi connectivity index (χ4n) is 4.25. The molecule has 0 bridgehead atoms. The van der Waals surface area contributed by atoms with Gasteiger partial charge >= 0.3 is 0 Å². The van der Waals surface area contributed by atoms with E-state index in [4.69, 9.17) is 16.6 Å². The third-order valence-corrected chi connectivity index (χ3v) is 6.30. The van der Waals surface area contributed by atoms with Gasteiger partial charge in [-0.25, -0.2) is 13.9 Å². The molecule has 2 aromatic carbocycles. The van der Waals surface area contributed by atoms with E-state index in [0.717, 1.165) is 6.07 Å². The lowest BCUT2D eigenvalue weighted by Gasteiger charge is -2.34. The highest BCUT2D eigenvalue weighted by atomic mass is 35.5. The Morgan fingerprint density at radius 3 is 2.47 bits per heavy atom. The van der Waals surface area contributed by atoms with Crippen LogP contribution in [-0.4, -0.2) is 45.4 Å². The van der Waals surface area contributed by atoms with Crippen molar-refractivity contribution in [1.82, 2.24) is 19.8 Å². The van der Waals surface area contributed by atoms with E-state index in [1.54, 1.807) is 31.3 Å². The number of rotatable bonds is 5. The monoisotopic (exact) mass is 511 g/mol. The minimum atomic E-state index is -0.698. The lowest BCUT2D eigenvalue weighted by Crippen LogP contribution is -2.46. The van der Waals surface area contributed by atoms with E-state index in [1.165, 1.54) is 21.6 Å². The summed E-state index contributed by atoms with van der Waals surface area (Å²) in [5, 5.41) is 5.98. The van der Waals surface area contributed by atoms with Crippen molar-refractivity contribution < 1.29 is 14.0 Å². The molecular weight excluding hydrogens is 485 g/mol. The number of benzene rings is 2. The van der Waals surface area contributed by atoms with E-state index in [0.29, 0.717) is 28.5 Å². The van der Waals surface area contributed by atoms with Crippen LogP contribution in [0.4, 0.5) is 10.3 Å². The molecule has 0 radical (unpaired) electrons. The van der Waals surface area contributed by atoms with Gasteiger partial charge in [0.2, 0.25) is 5.95 Å². The van der Waals surface area contributed by atoms with E-state index in [9.17, 15) is 18.8 Å². The van der Waals surface area contributed by atoms with Gasteiger partial charge in [0.05, 0.1) is 23.5 Å². The summed E-state index contributed by atoms with van der Waals surface area (Å²) in [5.74, 6) is -1.09. The zero-order chi connectivity index (χ0) is 26.1. The normalized spacial score (nSPS) is 15.0. The summed E-state index contributed by atoms with van der Waals surface area (Å²) in [6.07, 6.45) is 0.264. The fourth-order valence-corrected chi connectivity index (χ4v) is 4.41. The predicted octanol–water partition coefficient (Wildman–Crippen LogP) is 3.79. The molecule has 1 aliphatic rings. The molecule has 0 saturated heterocycles. The summed E-state index contributed by atoms with van der Waals surface area (Å²) >= 11 is 5.84. The Bertz CT molecular complexity index is 1390. The highest BCUT2D eigenvalue weighted by Gasteiger charge is 2.33. The number of halogens is 2. The van der Waals surface area contributed by atoms with E-state index in [-0.39, 0.29) is 47.1 Å². The lowest BCUT2D eigenvalue weighted by atomic mass is 9.98. The van der Waals surface area contributed by atoms with Crippen LogP contribution in [0.25, 0.3) is 5.69 Å². The number of amides is 2. The minimum Gasteiger partial charge on any atom is -0.355 e. The minimum absolute atomic E-state index is 0.0326. The second-order valence-electron chi connectivity index (χ2n) is 9.04. The molecule has 0 aliphatic carbocycles. The second kappa shape index (κ2) is 10.1. The number of carbonyl (C=O) groups is 2. The number of nitrogens with one attached hydrogen (secondary N) is 2. The van der Waals surface area contributed by atoms with Crippen LogP contribution in [0.5, 0.6) is 0 Å². The maximum absolute atomic E-state index is 14.5. The molecule has 0 fully saturated rings. The van der Waals surface area contributed by atoms with Crippen molar-refractivity contribution in [3.63, 3.8) is 0 Å². The molecular formula is C26H27ClFN5O3.